The van der Waals surface area contributed by atoms with E-state index >= 15 is 0 Å². The molecule has 1 aliphatic heterocycles. The van der Waals surface area contributed by atoms with Gasteiger partial charge in [0.25, 0.3) is 5.91 Å². The number of hydrogen-bond acceptors (Lipinski definition) is 4. The molecule has 0 spiro atoms. The van der Waals surface area contributed by atoms with Crippen LogP contribution in [-0.4, -0.2) is 42.1 Å². The van der Waals surface area contributed by atoms with E-state index in [2.05, 4.69) is 0 Å². The van der Waals surface area contributed by atoms with Crippen LogP contribution in [0, 0.1) is 11.3 Å². The van der Waals surface area contributed by atoms with E-state index < -0.39 is 28.8 Å². The van der Waals surface area contributed by atoms with Crippen LogP contribution in [-0.2, 0) is 16.6 Å². The van der Waals surface area contributed by atoms with Crippen molar-refractivity contribution in [3.05, 3.63) is 62.6 Å². The maximum Gasteiger partial charge on any atom is 0.416 e. The molecule has 1 atom stereocenters. The van der Waals surface area contributed by atoms with Gasteiger partial charge < -0.3 is 14.9 Å². The zero-order valence-corrected chi connectivity index (χ0v) is 18.8. The van der Waals surface area contributed by atoms with Crippen LogP contribution in [0.25, 0.3) is 0 Å². The Morgan fingerprint density at radius 2 is 1.88 bits per heavy atom. The number of benzene rings is 2. The monoisotopic (exact) mass is 485 g/mol. The summed E-state index contributed by atoms with van der Waals surface area (Å²) in [5.74, 6) is -0.982. The number of alkyl halides is 3. The van der Waals surface area contributed by atoms with Gasteiger partial charge in [-0.1, -0.05) is 49.2 Å². The first-order valence-electron chi connectivity index (χ1n) is 9.87. The number of rotatable bonds is 6. The topological polar surface area (TPSA) is 67.6 Å². The molecule has 0 fully saturated rings. The Bertz CT molecular complexity index is 1100. The smallest absolute Gasteiger partial charge is 0.372 e. The fourth-order valence-electron chi connectivity index (χ4n) is 3.96. The molecule has 1 amide bonds. The lowest BCUT2D eigenvalue weighted by Crippen LogP contribution is -2.44. The van der Waals surface area contributed by atoms with Gasteiger partial charge in [-0.2, -0.15) is 18.4 Å². The molecule has 0 aliphatic carbocycles. The van der Waals surface area contributed by atoms with Gasteiger partial charge in [0.2, 0.25) is 0 Å². The minimum absolute atomic E-state index is 0.0141. The van der Waals surface area contributed by atoms with Crippen LogP contribution >= 0.6 is 23.2 Å². The van der Waals surface area contributed by atoms with E-state index in [0.29, 0.717) is 25.7 Å². The van der Waals surface area contributed by atoms with Crippen molar-refractivity contribution in [1.82, 2.24) is 4.90 Å². The lowest BCUT2D eigenvalue weighted by atomic mass is 9.84. The van der Waals surface area contributed by atoms with Crippen molar-refractivity contribution in [2.75, 3.05) is 31.1 Å². The Kier molecular flexibility index (Phi) is 6.78. The minimum Gasteiger partial charge on any atom is -0.372 e. The molecule has 0 saturated carbocycles. The molecule has 32 heavy (non-hydrogen) atoms. The van der Waals surface area contributed by atoms with Crippen molar-refractivity contribution < 1.29 is 23.1 Å². The summed E-state index contributed by atoms with van der Waals surface area (Å²) in [7, 11) is 0. The maximum absolute atomic E-state index is 14.1. The van der Waals surface area contributed by atoms with Crippen LogP contribution in [0.5, 0.6) is 0 Å². The van der Waals surface area contributed by atoms with E-state index in [4.69, 9.17) is 23.2 Å². The van der Waals surface area contributed by atoms with Gasteiger partial charge in [0.05, 0.1) is 32.9 Å². The number of anilines is 1. The van der Waals surface area contributed by atoms with E-state index in [1.807, 2.05) is 18.7 Å². The van der Waals surface area contributed by atoms with Gasteiger partial charge in [-0.3, -0.25) is 4.79 Å². The summed E-state index contributed by atoms with van der Waals surface area (Å²) in [6.07, 6.45) is -4.94. The van der Waals surface area contributed by atoms with E-state index in [0.717, 1.165) is 4.90 Å². The van der Waals surface area contributed by atoms with Crippen molar-refractivity contribution in [3.8, 4) is 6.07 Å². The van der Waals surface area contributed by atoms with Crippen molar-refractivity contribution in [2.45, 2.75) is 25.6 Å². The molecule has 2 aromatic carbocycles. The summed E-state index contributed by atoms with van der Waals surface area (Å²) in [6, 6.07) is 7.57. The summed E-state index contributed by atoms with van der Waals surface area (Å²) < 4.78 is 42.2. The summed E-state index contributed by atoms with van der Waals surface area (Å²) in [5.41, 5.74) is -5.36. The largest absolute Gasteiger partial charge is 0.416 e. The summed E-state index contributed by atoms with van der Waals surface area (Å²) in [6.45, 7) is 5.54. The standard InChI is InChI=1S/C22H20Cl2F3N3O2/c1-3-29(4-2)8-9-30-17-11-13(12-28)10-15(22(25,26)27)18(17)21(32,20(30)31)14-6-5-7-16(23)19(14)24/h5-7,10-11,32H,3-4,8-9H2,1-2H3. The Morgan fingerprint density at radius 1 is 1.22 bits per heavy atom. The number of amides is 1. The number of carbonyl (C=O) groups is 1. The van der Waals surface area contributed by atoms with E-state index in [-0.39, 0.29) is 33.4 Å². The highest BCUT2D eigenvalue weighted by atomic mass is 35.5. The van der Waals surface area contributed by atoms with Crippen molar-refractivity contribution in [2.24, 2.45) is 0 Å². The number of aliphatic hydroxyl groups is 1. The molecule has 1 aliphatic rings. The Morgan fingerprint density at radius 3 is 2.44 bits per heavy atom. The zero-order valence-electron chi connectivity index (χ0n) is 17.3. The van der Waals surface area contributed by atoms with Gasteiger partial charge in [-0.25, -0.2) is 0 Å². The predicted molar refractivity (Wildman–Crippen MR) is 116 cm³/mol. The second-order valence-corrected chi connectivity index (χ2v) is 8.11. The molecule has 170 valence electrons. The lowest BCUT2D eigenvalue weighted by Gasteiger charge is -2.27. The Hall–Kier alpha value is -2.31. The molecular weight excluding hydrogens is 466 g/mol. The number of fused-ring (bicyclic) bond motifs is 1. The van der Waals surface area contributed by atoms with Crippen LogP contribution < -0.4 is 4.90 Å². The number of nitrogens with zero attached hydrogens (tertiary/aromatic N) is 3. The van der Waals surface area contributed by atoms with E-state index in [9.17, 15) is 28.3 Å². The highest BCUT2D eigenvalue weighted by Gasteiger charge is 2.56. The molecule has 1 N–H and O–H groups in total. The first-order valence-corrected chi connectivity index (χ1v) is 10.6. The van der Waals surface area contributed by atoms with Gasteiger partial charge in [0.1, 0.15) is 0 Å². The van der Waals surface area contributed by atoms with Crippen molar-refractivity contribution in [3.63, 3.8) is 0 Å². The summed E-state index contributed by atoms with van der Waals surface area (Å²) in [5, 5.41) is 20.7. The van der Waals surface area contributed by atoms with Crippen LogP contribution in [0.1, 0.15) is 36.1 Å². The van der Waals surface area contributed by atoms with Gasteiger partial charge in [0, 0.05) is 24.2 Å². The number of halogens is 5. The van der Waals surface area contributed by atoms with Crippen molar-refractivity contribution in [1.29, 1.82) is 5.26 Å². The second-order valence-electron chi connectivity index (χ2n) is 7.32. The molecule has 10 heteroatoms. The highest BCUT2D eigenvalue weighted by Crippen LogP contribution is 2.52. The van der Waals surface area contributed by atoms with Crippen molar-refractivity contribution >= 4 is 34.8 Å². The highest BCUT2D eigenvalue weighted by molar-refractivity contribution is 6.42. The van der Waals surface area contributed by atoms with Crippen LogP contribution in [0.15, 0.2) is 30.3 Å². The maximum atomic E-state index is 14.1. The number of carbonyl (C=O) groups excluding carboxylic acids is 1. The summed E-state index contributed by atoms with van der Waals surface area (Å²) in [4.78, 5) is 16.6. The number of nitriles is 1. The number of hydrogen-bond donors (Lipinski definition) is 1. The Balaban J connectivity index is 2.32. The molecule has 5 nitrogen and oxygen atoms in total. The SMILES string of the molecule is CCN(CC)CCN1C(=O)C(O)(c2cccc(Cl)c2Cl)c2c1cc(C#N)cc2C(F)(F)F. The lowest BCUT2D eigenvalue weighted by molar-refractivity contribution is -0.142. The molecule has 3 rings (SSSR count). The first kappa shape index (κ1) is 24.3. The van der Waals surface area contributed by atoms with Crippen LogP contribution in [0.2, 0.25) is 10.0 Å². The fourth-order valence-corrected chi connectivity index (χ4v) is 4.39. The predicted octanol–water partition coefficient (Wildman–Crippen LogP) is 4.81. The molecule has 0 saturated heterocycles. The normalized spacial score (nSPS) is 18.2. The summed E-state index contributed by atoms with van der Waals surface area (Å²) >= 11 is 12.3. The van der Waals surface area contributed by atoms with Gasteiger partial charge in [-0.15, -0.1) is 0 Å². The van der Waals surface area contributed by atoms with E-state index in [1.54, 1.807) is 6.07 Å². The average Bonchev–Trinajstić information content (AvgIpc) is 2.97. The van der Waals surface area contributed by atoms with Crippen LogP contribution in [0.3, 0.4) is 0 Å². The molecule has 2 aromatic rings. The van der Waals surface area contributed by atoms with E-state index in [1.165, 1.54) is 24.3 Å². The zero-order chi connectivity index (χ0) is 23.8. The van der Waals surface area contributed by atoms with Gasteiger partial charge >= 0.3 is 6.18 Å². The molecule has 0 radical (unpaired) electrons. The average molecular weight is 486 g/mol. The van der Waals surface area contributed by atoms with Gasteiger partial charge in [0.15, 0.2) is 5.60 Å². The second kappa shape index (κ2) is 8.91. The fraction of sp³-hybridized carbons (Fsp3) is 0.364. The first-order chi connectivity index (χ1) is 15.0. The molecular formula is C22H20Cl2F3N3O2. The molecule has 0 bridgehead atoms. The molecule has 1 heterocycles. The number of likely N-dealkylation sites (N-methyl/N-ethyl adjacent to an activating group) is 1. The Labute approximate surface area is 193 Å². The third-order valence-corrected chi connectivity index (χ3v) is 6.45. The third-order valence-electron chi connectivity index (χ3n) is 5.63. The van der Waals surface area contributed by atoms with Gasteiger partial charge in [-0.05, 0) is 31.3 Å². The molecule has 0 aromatic heterocycles. The third kappa shape index (κ3) is 3.95. The quantitative estimate of drug-likeness (QED) is 0.637. The van der Waals surface area contributed by atoms with Crippen LogP contribution in [0.4, 0.5) is 18.9 Å². The minimum atomic E-state index is -4.94. The molecule has 1 unspecified atom stereocenters.